The molecule has 1 saturated carbocycles. The molecule has 20 heavy (non-hydrogen) atoms. The van der Waals surface area contributed by atoms with E-state index in [1.807, 2.05) is 6.92 Å². The lowest BCUT2D eigenvalue weighted by atomic mass is 9.68. The summed E-state index contributed by atoms with van der Waals surface area (Å²) in [6, 6.07) is 5.20. The van der Waals surface area contributed by atoms with E-state index in [-0.39, 0.29) is 38.0 Å². The molecular formula is C15H21F2NO2. The summed E-state index contributed by atoms with van der Waals surface area (Å²) in [5.74, 6) is -2.20. The Balaban J connectivity index is 2.35. The Kier molecular flexibility index (Phi) is 4.18. The lowest BCUT2D eigenvalue weighted by molar-refractivity contribution is -0.0511. The molecule has 1 aliphatic rings. The van der Waals surface area contributed by atoms with Crippen molar-refractivity contribution in [2.75, 3.05) is 13.2 Å². The number of hydrogen-bond acceptors (Lipinski definition) is 3. The number of phenols is 1. The van der Waals surface area contributed by atoms with Gasteiger partial charge in [0.25, 0.3) is 0 Å². The van der Waals surface area contributed by atoms with Crippen LogP contribution in [-0.4, -0.2) is 24.2 Å². The highest BCUT2D eigenvalue weighted by atomic mass is 19.3. The number of rotatable bonds is 4. The average Bonchev–Trinajstić information content (AvgIpc) is 2.43. The van der Waals surface area contributed by atoms with E-state index in [4.69, 9.17) is 10.5 Å². The smallest absolute Gasteiger partial charge is 0.248 e. The number of alkyl halides is 2. The molecule has 1 aromatic carbocycles. The third kappa shape index (κ3) is 2.73. The SMILES string of the molecule is CCOc1cccc(C2(CN)CCC(F)(F)CC2)c1O. The molecule has 112 valence electrons. The molecule has 0 spiro atoms. The molecule has 0 atom stereocenters. The number of para-hydroxylation sites is 1. The van der Waals surface area contributed by atoms with E-state index in [1.54, 1.807) is 18.2 Å². The summed E-state index contributed by atoms with van der Waals surface area (Å²) in [5, 5.41) is 10.3. The molecule has 0 aromatic heterocycles. The molecule has 2 rings (SSSR count). The van der Waals surface area contributed by atoms with Crippen molar-refractivity contribution in [2.45, 2.75) is 43.9 Å². The molecule has 0 unspecified atom stereocenters. The lowest BCUT2D eigenvalue weighted by Gasteiger charge is -2.40. The minimum absolute atomic E-state index is 0.0324. The van der Waals surface area contributed by atoms with Crippen LogP contribution in [0, 0.1) is 0 Å². The highest BCUT2D eigenvalue weighted by Gasteiger charge is 2.44. The quantitative estimate of drug-likeness (QED) is 0.893. The Morgan fingerprint density at radius 2 is 1.90 bits per heavy atom. The number of phenolic OH excluding ortho intramolecular Hbond substituents is 1. The van der Waals surface area contributed by atoms with Crippen molar-refractivity contribution in [1.29, 1.82) is 0 Å². The number of ether oxygens (including phenoxy) is 1. The molecule has 0 bridgehead atoms. The normalized spacial score (nSPS) is 20.6. The van der Waals surface area contributed by atoms with Crippen LogP contribution in [0.1, 0.15) is 38.2 Å². The number of benzene rings is 1. The first-order valence-electron chi connectivity index (χ1n) is 6.97. The lowest BCUT2D eigenvalue weighted by Crippen LogP contribution is -2.42. The molecule has 0 radical (unpaired) electrons. The van der Waals surface area contributed by atoms with E-state index in [1.165, 1.54) is 0 Å². The summed E-state index contributed by atoms with van der Waals surface area (Å²) >= 11 is 0. The van der Waals surface area contributed by atoms with Crippen molar-refractivity contribution in [1.82, 2.24) is 0 Å². The molecule has 5 heteroatoms. The topological polar surface area (TPSA) is 55.5 Å². The van der Waals surface area contributed by atoms with Crippen LogP contribution in [0.3, 0.4) is 0 Å². The van der Waals surface area contributed by atoms with Crippen LogP contribution in [0.2, 0.25) is 0 Å². The zero-order valence-electron chi connectivity index (χ0n) is 11.7. The van der Waals surface area contributed by atoms with Crippen molar-refractivity contribution in [3.05, 3.63) is 23.8 Å². The molecule has 0 saturated heterocycles. The van der Waals surface area contributed by atoms with Crippen LogP contribution < -0.4 is 10.5 Å². The Hall–Kier alpha value is -1.36. The van der Waals surface area contributed by atoms with E-state index in [9.17, 15) is 13.9 Å². The van der Waals surface area contributed by atoms with Crippen molar-refractivity contribution < 1.29 is 18.6 Å². The van der Waals surface area contributed by atoms with Crippen LogP contribution in [0.15, 0.2) is 18.2 Å². The van der Waals surface area contributed by atoms with Gasteiger partial charge in [0.05, 0.1) is 6.61 Å². The summed E-state index contributed by atoms with van der Waals surface area (Å²) < 4.78 is 32.1. The van der Waals surface area contributed by atoms with Crippen molar-refractivity contribution in [2.24, 2.45) is 5.73 Å². The maximum Gasteiger partial charge on any atom is 0.248 e. The van der Waals surface area contributed by atoms with E-state index >= 15 is 0 Å². The van der Waals surface area contributed by atoms with Gasteiger partial charge < -0.3 is 15.6 Å². The van der Waals surface area contributed by atoms with Gasteiger partial charge in [-0.3, -0.25) is 0 Å². The third-order valence-electron chi connectivity index (χ3n) is 4.20. The van der Waals surface area contributed by atoms with Gasteiger partial charge in [0.15, 0.2) is 11.5 Å². The fourth-order valence-corrected chi connectivity index (χ4v) is 2.90. The number of nitrogens with two attached hydrogens (primary N) is 1. The van der Waals surface area contributed by atoms with Gasteiger partial charge >= 0.3 is 0 Å². The first-order valence-corrected chi connectivity index (χ1v) is 6.97. The van der Waals surface area contributed by atoms with E-state index < -0.39 is 11.3 Å². The van der Waals surface area contributed by atoms with Gasteiger partial charge in [0, 0.05) is 30.4 Å². The molecule has 0 amide bonds. The molecule has 3 nitrogen and oxygen atoms in total. The molecule has 1 aliphatic carbocycles. The zero-order valence-corrected chi connectivity index (χ0v) is 11.7. The van der Waals surface area contributed by atoms with Gasteiger partial charge in [0.1, 0.15) is 0 Å². The Morgan fingerprint density at radius 1 is 1.25 bits per heavy atom. The van der Waals surface area contributed by atoms with Crippen molar-refractivity contribution >= 4 is 0 Å². The zero-order chi connectivity index (χ0) is 14.8. The van der Waals surface area contributed by atoms with Gasteiger partial charge in [0.2, 0.25) is 5.92 Å². The van der Waals surface area contributed by atoms with Crippen molar-refractivity contribution in [3.8, 4) is 11.5 Å². The van der Waals surface area contributed by atoms with Gasteiger partial charge in [-0.25, -0.2) is 8.78 Å². The molecule has 1 aromatic rings. The van der Waals surface area contributed by atoms with Gasteiger partial charge in [-0.2, -0.15) is 0 Å². The Bertz CT molecular complexity index is 467. The second kappa shape index (κ2) is 5.56. The highest BCUT2D eigenvalue weighted by molar-refractivity contribution is 5.49. The second-order valence-electron chi connectivity index (χ2n) is 5.43. The van der Waals surface area contributed by atoms with E-state index in [0.29, 0.717) is 17.9 Å². The van der Waals surface area contributed by atoms with Crippen molar-refractivity contribution in [3.63, 3.8) is 0 Å². The standard InChI is InChI=1S/C15H21F2NO2/c1-2-20-12-5-3-4-11(13(12)19)14(10-18)6-8-15(16,17)9-7-14/h3-5,19H,2,6-10,18H2,1H3. The minimum atomic E-state index is -2.62. The van der Waals surface area contributed by atoms with Crippen LogP contribution >= 0.6 is 0 Å². The predicted molar refractivity (Wildman–Crippen MR) is 73.4 cm³/mol. The van der Waals surface area contributed by atoms with Crippen LogP contribution in [0.25, 0.3) is 0 Å². The van der Waals surface area contributed by atoms with Crippen LogP contribution in [0.4, 0.5) is 8.78 Å². The Labute approximate surface area is 117 Å². The number of halogens is 2. The van der Waals surface area contributed by atoms with Crippen LogP contribution in [0.5, 0.6) is 11.5 Å². The largest absolute Gasteiger partial charge is 0.504 e. The van der Waals surface area contributed by atoms with E-state index in [0.717, 1.165) is 0 Å². The van der Waals surface area contributed by atoms with Crippen LogP contribution in [-0.2, 0) is 5.41 Å². The first-order chi connectivity index (χ1) is 9.44. The van der Waals surface area contributed by atoms with Gasteiger partial charge in [-0.15, -0.1) is 0 Å². The maximum atomic E-state index is 13.4. The Morgan fingerprint density at radius 3 is 2.45 bits per heavy atom. The molecule has 0 heterocycles. The predicted octanol–water partition coefficient (Wildman–Crippen LogP) is 3.20. The summed E-state index contributed by atoms with van der Waals surface area (Å²) in [5.41, 5.74) is 5.90. The number of hydrogen-bond donors (Lipinski definition) is 2. The van der Waals surface area contributed by atoms with Gasteiger partial charge in [-0.1, -0.05) is 12.1 Å². The molecular weight excluding hydrogens is 264 g/mol. The summed E-state index contributed by atoms with van der Waals surface area (Å²) in [6.07, 6.45) is 0.171. The number of aromatic hydroxyl groups is 1. The second-order valence-corrected chi connectivity index (χ2v) is 5.43. The monoisotopic (exact) mass is 285 g/mol. The maximum absolute atomic E-state index is 13.4. The molecule has 0 aliphatic heterocycles. The van der Waals surface area contributed by atoms with Gasteiger partial charge in [-0.05, 0) is 25.8 Å². The molecule has 1 fully saturated rings. The minimum Gasteiger partial charge on any atom is -0.504 e. The molecule has 3 N–H and O–H groups in total. The first kappa shape index (κ1) is 15.0. The fraction of sp³-hybridized carbons (Fsp3) is 0.600. The highest BCUT2D eigenvalue weighted by Crippen LogP contribution is 2.48. The fourth-order valence-electron chi connectivity index (χ4n) is 2.90. The average molecular weight is 285 g/mol. The van der Waals surface area contributed by atoms with E-state index in [2.05, 4.69) is 0 Å². The summed E-state index contributed by atoms with van der Waals surface area (Å²) in [4.78, 5) is 0. The summed E-state index contributed by atoms with van der Waals surface area (Å²) in [7, 11) is 0. The third-order valence-corrected chi connectivity index (χ3v) is 4.20. The summed E-state index contributed by atoms with van der Waals surface area (Å²) in [6.45, 7) is 2.50.